The molecule has 2 aromatic carbocycles. The first-order valence-corrected chi connectivity index (χ1v) is 10.3. The molecule has 0 aliphatic heterocycles. The fraction of sp³-hybridized carbons (Fsp3) is 0.0952. The molecule has 0 bridgehead atoms. The molecule has 154 valence electrons. The van der Waals surface area contributed by atoms with Gasteiger partial charge in [0, 0.05) is 12.1 Å². The lowest BCUT2D eigenvalue weighted by atomic mass is 10.1. The van der Waals surface area contributed by atoms with Crippen molar-refractivity contribution >= 4 is 63.7 Å². The Balaban J connectivity index is 1.68. The summed E-state index contributed by atoms with van der Waals surface area (Å²) in [6, 6.07) is 14.6. The van der Waals surface area contributed by atoms with Crippen molar-refractivity contribution in [1.82, 2.24) is 0 Å². The summed E-state index contributed by atoms with van der Waals surface area (Å²) >= 11 is 13.2. The summed E-state index contributed by atoms with van der Waals surface area (Å²) in [6.45, 7) is -0.529. The Hall–Kier alpha value is -2.87. The second-order valence-corrected chi connectivity index (χ2v) is 7.90. The van der Waals surface area contributed by atoms with Gasteiger partial charge in [0.05, 0.1) is 26.8 Å². The lowest BCUT2D eigenvalue weighted by Gasteiger charge is -2.19. The number of benzene rings is 2. The first-order chi connectivity index (χ1) is 14.4. The number of amides is 2. The van der Waals surface area contributed by atoms with E-state index in [1.54, 1.807) is 54.9 Å². The zero-order chi connectivity index (χ0) is 21.7. The Morgan fingerprint density at radius 3 is 2.57 bits per heavy atom. The Bertz CT molecular complexity index is 1090. The van der Waals surface area contributed by atoms with Gasteiger partial charge in [0.25, 0.3) is 11.8 Å². The van der Waals surface area contributed by atoms with Gasteiger partial charge in [0.2, 0.25) is 0 Å². The number of carbonyl (C=O) groups is 3. The number of ether oxygens (including phenoxy) is 1. The molecule has 30 heavy (non-hydrogen) atoms. The number of anilines is 2. The van der Waals surface area contributed by atoms with Gasteiger partial charge in [-0.25, -0.2) is 4.79 Å². The van der Waals surface area contributed by atoms with Crippen LogP contribution in [0, 0.1) is 0 Å². The molecule has 9 heteroatoms. The fourth-order valence-corrected chi connectivity index (χ4v) is 3.64. The van der Waals surface area contributed by atoms with E-state index < -0.39 is 18.5 Å². The van der Waals surface area contributed by atoms with Gasteiger partial charge in [-0.15, -0.1) is 11.3 Å². The molecule has 0 saturated heterocycles. The highest BCUT2D eigenvalue weighted by Crippen LogP contribution is 2.26. The minimum atomic E-state index is -0.733. The second kappa shape index (κ2) is 9.75. The Kier molecular flexibility index (Phi) is 7.10. The molecule has 3 rings (SSSR count). The van der Waals surface area contributed by atoms with E-state index in [9.17, 15) is 14.4 Å². The van der Waals surface area contributed by atoms with Gasteiger partial charge in [0.15, 0.2) is 6.61 Å². The van der Waals surface area contributed by atoms with Crippen molar-refractivity contribution in [2.45, 2.75) is 0 Å². The van der Waals surface area contributed by atoms with Gasteiger partial charge >= 0.3 is 5.97 Å². The fourth-order valence-electron chi connectivity index (χ4n) is 2.60. The third-order valence-corrected chi connectivity index (χ3v) is 5.48. The monoisotopic (exact) mass is 462 g/mol. The highest BCUT2D eigenvalue weighted by molar-refractivity contribution is 7.12. The van der Waals surface area contributed by atoms with Crippen molar-refractivity contribution in [3.8, 4) is 0 Å². The van der Waals surface area contributed by atoms with Crippen LogP contribution in [0.25, 0.3) is 0 Å². The minimum Gasteiger partial charge on any atom is -0.452 e. The van der Waals surface area contributed by atoms with E-state index in [1.807, 2.05) is 0 Å². The summed E-state index contributed by atoms with van der Waals surface area (Å²) in [5, 5.41) is 5.04. The van der Waals surface area contributed by atoms with Gasteiger partial charge < -0.3 is 15.0 Å². The van der Waals surface area contributed by atoms with Crippen LogP contribution in [0.4, 0.5) is 11.4 Å². The number of nitrogens with zero attached hydrogens (tertiary/aromatic N) is 1. The number of para-hydroxylation sites is 1. The Morgan fingerprint density at radius 1 is 1.07 bits per heavy atom. The van der Waals surface area contributed by atoms with Crippen LogP contribution < -0.4 is 10.2 Å². The lowest BCUT2D eigenvalue weighted by Crippen LogP contribution is -2.28. The predicted molar refractivity (Wildman–Crippen MR) is 119 cm³/mol. The summed E-state index contributed by atoms with van der Waals surface area (Å²) in [7, 11) is 1.57. The number of halogens is 2. The molecular formula is C21H16Cl2N2O4S. The number of nitrogens with one attached hydrogen (secondary N) is 1. The average Bonchev–Trinajstić information content (AvgIpc) is 3.28. The molecule has 0 aliphatic carbocycles. The molecule has 1 N–H and O–H groups in total. The molecule has 6 nitrogen and oxygen atoms in total. The molecule has 0 saturated carbocycles. The summed E-state index contributed by atoms with van der Waals surface area (Å²) in [5.41, 5.74) is 0.851. The molecule has 0 fully saturated rings. The van der Waals surface area contributed by atoms with E-state index in [1.165, 1.54) is 28.4 Å². The second-order valence-electron chi connectivity index (χ2n) is 6.11. The average molecular weight is 463 g/mol. The molecule has 2 amide bonds. The normalized spacial score (nSPS) is 10.4. The summed E-state index contributed by atoms with van der Waals surface area (Å²) in [5.74, 6) is -1.56. The van der Waals surface area contributed by atoms with Crippen molar-refractivity contribution in [3.63, 3.8) is 0 Å². The number of esters is 1. The largest absolute Gasteiger partial charge is 0.452 e. The van der Waals surface area contributed by atoms with Crippen LogP contribution in [0.1, 0.15) is 20.0 Å². The van der Waals surface area contributed by atoms with Crippen LogP contribution in [-0.4, -0.2) is 31.4 Å². The van der Waals surface area contributed by atoms with Crippen molar-refractivity contribution in [2.75, 3.05) is 23.9 Å². The molecule has 1 aromatic heterocycles. The van der Waals surface area contributed by atoms with Crippen LogP contribution >= 0.6 is 34.5 Å². The molecule has 0 radical (unpaired) electrons. The summed E-state index contributed by atoms with van der Waals surface area (Å²) in [4.78, 5) is 39.2. The zero-order valence-electron chi connectivity index (χ0n) is 15.7. The molecule has 0 unspecified atom stereocenters. The SMILES string of the molecule is CN(C(=O)c1cccs1)c1ccccc1C(=O)OCC(=O)Nc1cc(Cl)ccc1Cl. The summed E-state index contributed by atoms with van der Waals surface area (Å²) < 4.78 is 5.13. The number of rotatable bonds is 6. The van der Waals surface area contributed by atoms with Crippen LogP contribution in [0.5, 0.6) is 0 Å². The van der Waals surface area contributed by atoms with Gasteiger partial charge in [-0.2, -0.15) is 0 Å². The van der Waals surface area contributed by atoms with E-state index in [2.05, 4.69) is 5.32 Å². The first-order valence-electron chi connectivity index (χ1n) is 8.69. The maximum atomic E-state index is 12.6. The van der Waals surface area contributed by atoms with Crippen LogP contribution in [0.15, 0.2) is 60.0 Å². The van der Waals surface area contributed by atoms with E-state index in [0.717, 1.165) is 0 Å². The van der Waals surface area contributed by atoms with Crippen molar-refractivity contribution in [1.29, 1.82) is 0 Å². The summed E-state index contributed by atoms with van der Waals surface area (Å²) in [6.07, 6.45) is 0. The molecule has 0 spiro atoms. The lowest BCUT2D eigenvalue weighted by molar-refractivity contribution is -0.119. The molecule has 0 aliphatic rings. The minimum absolute atomic E-state index is 0.165. The highest BCUT2D eigenvalue weighted by Gasteiger charge is 2.21. The number of hydrogen-bond acceptors (Lipinski definition) is 5. The maximum absolute atomic E-state index is 12.6. The Labute approximate surface area is 187 Å². The molecule has 0 atom stereocenters. The third-order valence-electron chi connectivity index (χ3n) is 4.06. The van der Waals surface area contributed by atoms with Crippen molar-refractivity contribution in [2.24, 2.45) is 0 Å². The van der Waals surface area contributed by atoms with E-state index in [4.69, 9.17) is 27.9 Å². The highest BCUT2D eigenvalue weighted by atomic mass is 35.5. The molecule has 1 heterocycles. The van der Waals surface area contributed by atoms with Gasteiger partial charge in [0.1, 0.15) is 0 Å². The molecule has 3 aromatic rings. The van der Waals surface area contributed by atoms with Gasteiger partial charge in [-0.1, -0.05) is 41.4 Å². The van der Waals surface area contributed by atoms with Crippen molar-refractivity contribution < 1.29 is 19.1 Å². The van der Waals surface area contributed by atoms with Crippen LogP contribution in [-0.2, 0) is 9.53 Å². The van der Waals surface area contributed by atoms with E-state index in [0.29, 0.717) is 26.3 Å². The Morgan fingerprint density at radius 2 is 1.83 bits per heavy atom. The zero-order valence-corrected chi connectivity index (χ0v) is 18.1. The predicted octanol–water partition coefficient (Wildman–Crippen LogP) is 5.13. The first kappa shape index (κ1) is 21.8. The number of hydrogen-bond donors (Lipinski definition) is 1. The number of thiophene rings is 1. The van der Waals surface area contributed by atoms with E-state index in [-0.39, 0.29) is 11.5 Å². The smallest absolute Gasteiger partial charge is 0.340 e. The van der Waals surface area contributed by atoms with E-state index >= 15 is 0 Å². The van der Waals surface area contributed by atoms with Gasteiger partial charge in [-0.3, -0.25) is 9.59 Å². The maximum Gasteiger partial charge on any atom is 0.340 e. The van der Waals surface area contributed by atoms with Crippen molar-refractivity contribution in [3.05, 3.63) is 80.5 Å². The number of carbonyl (C=O) groups excluding carboxylic acids is 3. The van der Waals surface area contributed by atoms with Crippen LogP contribution in [0.3, 0.4) is 0 Å². The van der Waals surface area contributed by atoms with Gasteiger partial charge in [-0.05, 0) is 41.8 Å². The van der Waals surface area contributed by atoms with Crippen LogP contribution in [0.2, 0.25) is 10.0 Å². The topological polar surface area (TPSA) is 75.7 Å². The molecular weight excluding hydrogens is 447 g/mol. The third kappa shape index (κ3) is 5.18. The standard InChI is InChI=1S/C21H16Cl2N2O4S/c1-25(20(27)18-7-4-10-30-18)17-6-3-2-5-14(17)21(28)29-12-19(26)24-16-11-13(22)8-9-15(16)23/h2-11H,12H2,1H3,(H,24,26). The quantitative estimate of drug-likeness (QED) is 0.515.